The van der Waals surface area contributed by atoms with Crippen LogP contribution in [0.5, 0.6) is 0 Å². The van der Waals surface area contributed by atoms with Gasteiger partial charge >= 0.3 is 0 Å². The number of anilines is 1. The molecule has 0 atom stereocenters. The molecule has 0 radical (unpaired) electrons. The van der Waals surface area contributed by atoms with Gasteiger partial charge in [0.25, 0.3) is 5.91 Å². The van der Waals surface area contributed by atoms with Gasteiger partial charge in [-0.25, -0.2) is 4.39 Å². The van der Waals surface area contributed by atoms with Crippen LogP contribution in [0.2, 0.25) is 0 Å². The summed E-state index contributed by atoms with van der Waals surface area (Å²) in [6, 6.07) is 14.9. The third-order valence-electron chi connectivity index (χ3n) is 3.39. The number of hydrogen-bond acceptors (Lipinski definition) is 2. The largest absolute Gasteiger partial charge is 0.361 e. The Morgan fingerprint density at radius 3 is 2.65 bits per heavy atom. The number of H-pyrrole nitrogens is 1. The third kappa shape index (κ3) is 3.11. The summed E-state index contributed by atoms with van der Waals surface area (Å²) in [5.74, 6) is -0.928. The highest BCUT2D eigenvalue weighted by Crippen LogP contribution is 2.20. The molecule has 0 aliphatic rings. The lowest BCUT2D eigenvalue weighted by Crippen LogP contribution is -2.13. The van der Waals surface area contributed by atoms with E-state index in [-0.39, 0.29) is 5.57 Å². The van der Waals surface area contributed by atoms with Gasteiger partial charge in [-0.3, -0.25) is 4.79 Å². The van der Waals surface area contributed by atoms with E-state index in [1.807, 2.05) is 30.3 Å². The quantitative estimate of drug-likeness (QED) is 0.570. The zero-order valence-electron chi connectivity index (χ0n) is 12.0. The summed E-state index contributed by atoms with van der Waals surface area (Å²) in [7, 11) is 0. The van der Waals surface area contributed by atoms with Gasteiger partial charge in [0.2, 0.25) is 0 Å². The first-order valence-electron chi connectivity index (χ1n) is 6.92. The molecule has 3 rings (SSSR count). The summed E-state index contributed by atoms with van der Waals surface area (Å²) < 4.78 is 12.9. The molecular formula is C18H12FN3O. The van der Waals surface area contributed by atoms with Crippen molar-refractivity contribution in [3.63, 3.8) is 0 Å². The van der Waals surface area contributed by atoms with E-state index < -0.39 is 11.7 Å². The van der Waals surface area contributed by atoms with Crippen LogP contribution in [0.3, 0.4) is 0 Å². The number of halogens is 1. The molecule has 0 aliphatic heterocycles. The Kier molecular flexibility index (Phi) is 3.89. The lowest BCUT2D eigenvalue weighted by molar-refractivity contribution is -0.112. The molecule has 2 N–H and O–H groups in total. The molecule has 0 saturated carbocycles. The molecule has 2 aromatic carbocycles. The lowest BCUT2D eigenvalue weighted by Gasteiger charge is -2.03. The van der Waals surface area contributed by atoms with Crippen molar-refractivity contribution in [2.24, 2.45) is 0 Å². The molecule has 4 nitrogen and oxygen atoms in total. The number of aromatic nitrogens is 1. The molecule has 1 aromatic heterocycles. The average Bonchev–Trinajstić information content (AvgIpc) is 2.97. The maximum Gasteiger partial charge on any atom is 0.266 e. The van der Waals surface area contributed by atoms with Crippen molar-refractivity contribution in [3.05, 3.63) is 71.7 Å². The van der Waals surface area contributed by atoms with Gasteiger partial charge in [-0.1, -0.05) is 18.2 Å². The zero-order chi connectivity index (χ0) is 16.2. The van der Waals surface area contributed by atoms with E-state index >= 15 is 0 Å². The Morgan fingerprint density at radius 1 is 1.17 bits per heavy atom. The molecule has 0 unspecified atom stereocenters. The van der Waals surface area contributed by atoms with Crippen LogP contribution in [0.15, 0.2) is 60.3 Å². The van der Waals surface area contributed by atoms with Crippen molar-refractivity contribution in [3.8, 4) is 6.07 Å². The van der Waals surface area contributed by atoms with Crippen molar-refractivity contribution < 1.29 is 9.18 Å². The molecule has 5 heteroatoms. The van der Waals surface area contributed by atoms with Gasteiger partial charge in [-0.05, 0) is 36.4 Å². The summed E-state index contributed by atoms with van der Waals surface area (Å²) in [6.07, 6.45) is 3.27. The van der Waals surface area contributed by atoms with Crippen LogP contribution in [0, 0.1) is 17.1 Å². The number of benzene rings is 2. The second kappa shape index (κ2) is 6.16. The van der Waals surface area contributed by atoms with Crippen molar-refractivity contribution in [2.75, 3.05) is 5.32 Å². The smallest absolute Gasteiger partial charge is 0.266 e. The molecule has 0 aliphatic carbocycles. The summed E-state index contributed by atoms with van der Waals surface area (Å²) in [6.45, 7) is 0. The SMILES string of the molecule is N#C/C(=C/c1c[nH]c2ccccc12)C(=O)Nc1ccc(F)cc1. The summed E-state index contributed by atoms with van der Waals surface area (Å²) in [4.78, 5) is 15.3. The van der Waals surface area contributed by atoms with E-state index in [1.165, 1.54) is 30.3 Å². The van der Waals surface area contributed by atoms with Crippen LogP contribution in [-0.4, -0.2) is 10.9 Å². The van der Waals surface area contributed by atoms with Crippen molar-refractivity contribution in [2.45, 2.75) is 0 Å². The van der Waals surface area contributed by atoms with Crippen molar-refractivity contribution >= 4 is 28.6 Å². The Bertz CT molecular complexity index is 933. The molecule has 1 amide bonds. The second-order valence-electron chi connectivity index (χ2n) is 4.92. The molecule has 23 heavy (non-hydrogen) atoms. The van der Waals surface area contributed by atoms with Crippen LogP contribution in [0.1, 0.15) is 5.56 Å². The Hall–Kier alpha value is -3.39. The fourth-order valence-corrected chi connectivity index (χ4v) is 2.25. The zero-order valence-corrected chi connectivity index (χ0v) is 12.0. The number of hydrogen-bond donors (Lipinski definition) is 2. The summed E-state index contributed by atoms with van der Waals surface area (Å²) >= 11 is 0. The highest BCUT2D eigenvalue weighted by molar-refractivity contribution is 6.10. The van der Waals surface area contributed by atoms with Gasteiger partial charge in [0.15, 0.2) is 0 Å². The van der Waals surface area contributed by atoms with Gasteiger partial charge < -0.3 is 10.3 Å². The number of nitriles is 1. The van der Waals surface area contributed by atoms with Crippen molar-refractivity contribution in [1.29, 1.82) is 5.26 Å². The third-order valence-corrected chi connectivity index (χ3v) is 3.39. The van der Waals surface area contributed by atoms with E-state index in [1.54, 1.807) is 6.20 Å². The molecule has 0 spiro atoms. The number of carbonyl (C=O) groups excluding carboxylic acids is 1. The highest BCUT2D eigenvalue weighted by Gasteiger charge is 2.11. The van der Waals surface area contributed by atoms with Crippen LogP contribution >= 0.6 is 0 Å². The van der Waals surface area contributed by atoms with E-state index in [0.717, 1.165) is 16.5 Å². The van der Waals surface area contributed by atoms with Crippen LogP contribution in [-0.2, 0) is 4.79 Å². The van der Waals surface area contributed by atoms with E-state index in [9.17, 15) is 14.4 Å². The standard InChI is InChI=1S/C18H12FN3O/c19-14-5-7-15(8-6-14)22-18(23)12(10-20)9-13-11-21-17-4-2-1-3-16(13)17/h1-9,11,21H,(H,22,23)/b12-9-. The Morgan fingerprint density at radius 2 is 1.91 bits per heavy atom. The molecule has 0 bridgehead atoms. The van der Waals surface area contributed by atoms with Gasteiger partial charge in [0, 0.05) is 28.4 Å². The minimum atomic E-state index is -0.538. The van der Waals surface area contributed by atoms with Gasteiger partial charge in [0.05, 0.1) is 0 Å². The number of rotatable bonds is 3. The lowest BCUT2D eigenvalue weighted by atomic mass is 10.1. The highest BCUT2D eigenvalue weighted by atomic mass is 19.1. The molecule has 0 fully saturated rings. The number of para-hydroxylation sites is 1. The number of amides is 1. The molecule has 112 valence electrons. The van der Waals surface area contributed by atoms with Crippen molar-refractivity contribution in [1.82, 2.24) is 4.98 Å². The molecule has 0 saturated heterocycles. The number of carbonyl (C=O) groups is 1. The fraction of sp³-hybridized carbons (Fsp3) is 0. The van der Waals surface area contributed by atoms with Crippen LogP contribution in [0.25, 0.3) is 17.0 Å². The van der Waals surface area contributed by atoms with E-state index in [4.69, 9.17) is 0 Å². The second-order valence-corrected chi connectivity index (χ2v) is 4.92. The van der Waals surface area contributed by atoms with Gasteiger partial charge in [-0.2, -0.15) is 5.26 Å². The topological polar surface area (TPSA) is 68.7 Å². The number of nitrogens with one attached hydrogen (secondary N) is 2. The maximum atomic E-state index is 12.9. The van der Waals surface area contributed by atoms with E-state index in [2.05, 4.69) is 10.3 Å². The maximum absolute atomic E-state index is 12.9. The molecular weight excluding hydrogens is 293 g/mol. The minimum absolute atomic E-state index is 0.0286. The number of fused-ring (bicyclic) bond motifs is 1. The van der Waals surface area contributed by atoms with Gasteiger partial charge in [-0.15, -0.1) is 0 Å². The molecule has 3 aromatic rings. The predicted octanol–water partition coefficient (Wildman–Crippen LogP) is 3.85. The first-order chi connectivity index (χ1) is 11.2. The Balaban J connectivity index is 1.88. The minimum Gasteiger partial charge on any atom is -0.361 e. The van der Waals surface area contributed by atoms with Crippen LogP contribution in [0.4, 0.5) is 10.1 Å². The number of nitrogens with zero attached hydrogens (tertiary/aromatic N) is 1. The number of aromatic amines is 1. The predicted molar refractivity (Wildman–Crippen MR) is 86.9 cm³/mol. The summed E-state index contributed by atoms with van der Waals surface area (Å²) in [5, 5.41) is 12.7. The first-order valence-corrected chi connectivity index (χ1v) is 6.92. The Labute approximate surface area is 131 Å². The van der Waals surface area contributed by atoms with E-state index in [0.29, 0.717) is 5.69 Å². The normalized spacial score (nSPS) is 11.2. The summed E-state index contributed by atoms with van der Waals surface area (Å²) in [5.41, 5.74) is 2.08. The average molecular weight is 305 g/mol. The molecule has 1 heterocycles. The van der Waals surface area contributed by atoms with Crippen LogP contribution < -0.4 is 5.32 Å². The van der Waals surface area contributed by atoms with Gasteiger partial charge in [0.1, 0.15) is 17.5 Å². The fourth-order valence-electron chi connectivity index (χ4n) is 2.25. The first kappa shape index (κ1) is 14.5. The monoisotopic (exact) mass is 305 g/mol.